The van der Waals surface area contributed by atoms with Crippen LogP contribution in [0, 0.1) is 0 Å². The molecule has 0 aromatic heterocycles. The fraction of sp³-hybridized carbons (Fsp3) is 0.172. The van der Waals surface area contributed by atoms with Crippen LogP contribution in [0.15, 0.2) is 83.6 Å². The molecule has 3 aromatic carbocycles. The molecule has 1 aliphatic heterocycles. The second-order valence-electron chi connectivity index (χ2n) is 8.58. The van der Waals surface area contributed by atoms with Crippen LogP contribution in [-0.2, 0) is 16.1 Å². The number of dihydropyridines is 1. The molecule has 0 amide bonds. The molecule has 2 aliphatic rings. The van der Waals surface area contributed by atoms with Crippen LogP contribution < -0.4 is 14.8 Å². The molecule has 36 heavy (non-hydrogen) atoms. The Bertz CT molecular complexity index is 1440. The number of benzene rings is 3. The molecule has 5 rings (SSSR count). The summed E-state index contributed by atoms with van der Waals surface area (Å²) >= 11 is 5.97. The van der Waals surface area contributed by atoms with Gasteiger partial charge in [0.2, 0.25) is 0 Å². The van der Waals surface area contributed by atoms with Crippen molar-refractivity contribution in [2.24, 2.45) is 0 Å². The summed E-state index contributed by atoms with van der Waals surface area (Å²) in [6.45, 7) is 2.14. The van der Waals surface area contributed by atoms with Gasteiger partial charge in [-0.15, -0.1) is 0 Å². The van der Waals surface area contributed by atoms with E-state index in [4.69, 9.17) is 25.8 Å². The Labute approximate surface area is 214 Å². The van der Waals surface area contributed by atoms with Crippen LogP contribution in [-0.4, -0.2) is 26.0 Å². The molecule has 0 spiro atoms. The van der Waals surface area contributed by atoms with Crippen LogP contribution in [0.25, 0.3) is 5.70 Å². The van der Waals surface area contributed by atoms with Gasteiger partial charge in [-0.3, -0.25) is 4.79 Å². The Morgan fingerprint density at radius 2 is 1.69 bits per heavy atom. The quantitative estimate of drug-likeness (QED) is 0.439. The Kier molecular flexibility index (Phi) is 6.29. The zero-order valence-corrected chi connectivity index (χ0v) is 20.8. The minimum Gasteiger partial charge on any atom is -0.493 e. The summed E-state index contributed by atoms with van der Waals surface area (Å²) in [6.07, 6.45) is 0. The zero-order chi connectivity index (χ0) is 25.4. The van der Waals surface area contributed by atoms with E-state index in [1.54, 1.807) is 19.2 Å². The van der Waals surface area contributed by atoms with E-state index < -0.39 is 11.9 Å². The summed E-state index contributed by atoms with van der Waals surface area (Å²) in [5, 5.41) is 3.94. The van der Waals surface area contributed by atoms with E-state index in [9.17, 15) is 9.59 Å². The minimum absolute atomic E-state index is 0.117. The van der Waals surface area contributed by atoms with Gasteiger partial charge in [-0.1, -0.05) is 54.1 Å². The summed E-state index contributed by atoms with van der Waals surface area (Å²) in [7, 11) is 2.89. The molecular weight excluding hydrogens is 478 g/mol. The Morgan fingerprint density at radius 3 is 2.39 bits per heavy atom. The van der Waals surface area contributed by atoms with Gasteiger partial charge in [0, 0.05) is 33.3 Å². The smallest absolute Gasteiger partial charge is 0.336 e. The van der Waals surface area contributed by atoms with Crippen molar-refractivity contribution >= 4 is 29.1 Å². The molecular formula is C29H24ClNO5. The fourth-order valence-electron chi connectivity index (χ4n) is 4.77. The van der Waals surface area contributed by atoms with Gasteiger partial charge < -0.3 is 19.5 Å². The van der Waals surface area contributed by atoms with Crippen molar-refractivity contribution in [3.8, 4) is 11.5 Å². The van der Waals surface area contributed by atoms with Gasteiger partial charge >= 0.3 is 5.97 Å². The highest BCUT2D eigenvalue weighted by Gasteiger charge is 2.43. The van der Waals surface area contributed by atoms with E-state index in [0.29, 0.717) is 51.2 Å². The second kappa shape index (κ2) is 9.55. The largest absolute Gasteiger partial charge is 0.493 e. The predicted molar refractivity (Wildman–Crippen MR) is 137 cm³/mol. The number of nitrogens with one attached hydrogen (secondary N) is 1. The third-order valence-electron chi connectivity index (χ3n) is 6.48. The van der Waals surface area contributed by atoms with E-state index in [1.165, 1.54) is 7.11 Å². The number of hydrogen-bond acceptors (Lipinski definition) is 6. The summed E-state index contributed by atoms with van der Waals surface area (Å²) in [5.74, 6) is -0.211. The van der Waals surface area contributed by atoms with Gasteiger partial charge in [0.25, 0.3) is 0 Å². The number of carbonyl (C=O) groups is 2. The number of halogens is 1. The van der Waals surface area contributed by atoms with Crippen molar-refractivity contribution < 1.29 is 23.8 Å². The van der Waals surface area contributed by atoms with Gasteiger partial charge in [0.1, 0.15) is 6.61 Å². The SMILES string of the molecule is COC(=O)C1=C(C)NC2=C(C(=O)c3ccccc32)C1c1ccc(OCc2ccc(Cl)cc2)c(OC)c1. The molecule has 0 saturated carbocycles. The molecule has 7 heteroatoms. The van der Waals surface area contributed by atoms with E-state index in [-0.39, 0.29) is 5.78 Å². The average molecular weight is 502 g/mol. The third kappa shape index (κ3) is 4.03. The van der Waals surface area contributed by atoms with Crippen LogP contribution in [0.3, 0.4) is 0 Å². The lowest BCUT2D eigenvalue weighted by Crippen LogP contribution is -2.29. The van der Waals surface area contributed by atoms with Crippen LogP contribution in [0.2, 0.25) is 5.02 Å². The zero-order valence-electron chi connectivity index (χ0n) is 20.1. The fourth-order valence-corrected chi connectivity index (χ4v) is 4.89. The van der Waals surface area contributed by atoms with Crippen LogP contribution >= 0.6 is 11.6 Å². The van der Waals surface area contributed by atoms with Crippen LogP contribution in [0.5, 0.6) is 11.5 Å². The van der Waals surface area contributed by atoms with Crippen molar-refractivity contribution in [3.05, 3.63) is 111 Å². The van der Waals surface area contributed by atoms with Crippen molar-refractivity contribution in [1.82, 2.24) is 5.32 Å². The number of fused-ring (bicyclic) bond motifs is 2. The molecule has 1 N–H and O–H groups in total. The van der Waals surface area contributed by atoms with Crippen molar-refractivity contribution in [3.63, 3.8) is 0 Å². The Hall–Kier alpha value is -4.03. The van der Waals surface area contributed by atoms with Crippen LogP contribution in [0.1, 0.15) is 39.9 Å². The first-order valence-electron chi connectivity index (χ1n) is 11.4. The highest BCUT2D eigenvalue weighted by atomic mass is 35.5. The van der Waals surface area contributed by atoms with E-state index in [0.717, 1.165) is 16.7 Å². The molecule has 0 bridgehead atoms. The molecule has 1 aliphatic carbocycles. The standard InChI is InChI=1S/C29H24ClNO5/c1-16-24(29(33)35-3)25(26-27(31-16)20-6-4-5-7-21(20)28(26)32)18-10-13-22(23(14-18)34-2)36-15-17-8-11-19(30)12-9-17/h4-14,25,31H,15H2,1-3H3. The predicted octanol–water partition coefficient (Wildman–Crippen LogP) is 5.67. The van der Waals surface area contributed by atoms with Gasteiger partial charge in [-0.25, -0.2) is 4.79 Å². The number of rotatable bonds is 6. The number of esters is 1. The lowest BCUT2D eigenvalue weighted by atomic mass is 9.79. The summed E-state index contributed by atoms with van der Waals surface area (Å²) in [5.41, 5.74) is 5.35. The van der Waals surface area contributed by atoms with Crippen molar-refractivity contribution in [2.75, 3.05) is 14.2 Å². The van der Waals surface area contributed by atoms with E-state index >= 15 is 0 Å². The monoisotopic (exact) mass is 501 g/mol. The number of Topliss-reactive ketones (excluding diaryl/α,β-unsaturated/α-hetero) is 1. The van der Waals surface area contributed by atoms with E-state index in [2.05, 4.69) is 5.32 Å². The number of hydrogen-bond donors (Lipinski definition) is 1. The lowest BCUT2D eigenvalue weighted by Gasteiger charge is -2.29. The van der Waals surface area contributed by atoms with Gasteiger partial charge in [-0.05, 0) is 42.3 Å². The highest BCUT2D eigenvalue weighted by Crippen LogP contribution is 2.47. The second-order valence-corrected chi connectivity index (χ2v) is 9.01. The molecule has 3 aromatic rings. The summed E-state index contributed by atoms with van der Waals surface area (Å²) in [4.78, 5) is 26.5. The minimum atomic E-state index is -0.632. The molecule has 6 nitrogen and oxygen atoms in total. The normalized spacial score (nSPS) is 16.3. The number of methoxy groups -OCH3 is 2. The number of carbonyl (C=O) groups excluding carboxylic acids is 2. The summed E-state index contributed by atoms with van der Waals surface area (Å²) < 4.78 is 16.8. The molecule has 0 saturated heterocycles. The topological polar surface area (TPSA) is 73.9 Å². The van der Waals surface area contributed by atoms with Gasteiger partial charge in [0.05, 0.1) is 25.5 Å². The maximum Gasteiger partial charge on any atom is 0.336 e. The maximum absolute atomic E-state index is 13.5. The molecule has 1 unspecified atom stereocenters. The number of ether oxygens (including phenoxy) is 3. The van der Waals surface area contributed by atoms with Gasteiger partial charge in [-0.2, -0.15) is 0 Å². The first kappa shape index (κ1) is 23.7. The molecule has 0 fully saturated rings. The Morgan fingerprint density at radius 1 is 0.972 bits per heavy atom. The molecule has 0 radical (unpaired) electrons. The van der Waals surface area contributed by atoms with Crippen LogP contribution in [0.4, 0.5) is 0 Å². The highest BCUT2D eigenvalue weighted by molar-refractivity contribution is 6.30. The maximum atomic E-state index is 13.5. The van der Waals surface area contributed by atoms with E-state index in [1.807, 2.05) is 61.5 Å². The Balaban J connectivity index is 1.56. The average Bonchev–Trinajstić information content (AvgIpc) is 3.18. The molecule has 182 valence electrons. The van der Waals surface area contributed by atoms with Crippen molar-refractivity contribution in [2.45, 2.75) is 19.4 Å². The molecule has 1 heterocycles. The van der Waals surface area contributed by atoms with Gasteiger partial charge in [0.15, 0.2) is 17.3 Å². The first-order chi connectivity index (χ1) is 17.4. The third-order valence-corrected chi connectivity index (χ3v) is 6.73. The number of allylic oxidation sites excluding steroid dienone is 2. The van der Waals surface area contributed by atoms with Crippen molar-refractivity contribution in [1.29, 1.82) is 0 Å². The summed E-state index contributed by atoms with van der Waals surface area (Å²) in [6, 6.07) is 20.3. The number of ketones is 1. The first-order valence-corrected chi connectivity index (χ1v) is 11.8. The molecule has 1 atom stereocenters. The lowest BCUT2D eigenvalue weighted by molar-refractivity contribution is -0.136.